The highest BCUT2D eigenvalue weighted by Crippen LogP contribution is 2.32. The van der Waals surface area contributed by atoms with Crippen LogP contribution in [0, 0.1) is 24.1 Å². The van der Waals surface area contributed by atoms with Crippen molar-refractivity contribution < 1.29 is 23.4 Å². The summed E-state index contributed by atoms with van der Waals surface area (Å²) in [5.74, 6) is 0.572. The van der Waals surface area contributed by atoms with E-state index >= 15 is 0 Å². The molecule has 0 saturated heterocycles. The molecular formula is C26H26FN5O4. The molecule has 2 N–H and O–H groups in total. The number of ether oxygens (including phenoxy) is 3. The van der Waals surface area contributed by atoms with Gasteiger partial charge in [0.25, 0.3) is 0 Å². The molecule has 0 fully saturated rings. The predicted molar refractivity (Wildman–Crippen MR) is 134 cm³/mol. The van der Waals surface area contributed by atoms with Crippen molar-refractivity contribution in [3.05, 3.63) is 77.9 Å². The minimum absolute atomic E-state index is 0.362. The van der Waals surface area contributed by atoms with Crippen LogP contribution in [0.2, 0.25) is 0 Å². The van der Waals surface area contributed by atoms with Crippen LogP contribution in [0.15, 0.2) is 60.9 Å². The fraction of sp³-hybridized carbons (Fsp3) is 0.192. The van der Waals surface area contributed by atoms with Gasteiger partial charge in [0.2, 0.25) is 6.41 Å². The number of hydrogen-bond acceptors (Lipinski definition) is 7. The van der Waals surface area contributed by atoms with E-state index in [4.69, 9.17) is 4.74 Å². The number of amides is 1. The number of nitrogens with one attached hydrogen (secondary N) is 2. The molecule has 36 heavy (non-hydrogen) atoms. The summed E-state index contributed by atoms with van der Waals surface area (Å²) < 4.78 is 29.9. The first-order chi connectivity index (χ1) is 17.5. The van der Waals surface area contributed by atoms with E-state index in [0.717, 1.165) is 11.3 Å². The van der Waals surface area contributed by atoms with Crippen molar-refractivity contribution in [2.75, 3.05) is 38.1 Å². The van der Waals surface area contributed by atoms with E-state index in [1.807, 2.05) is 6.92 Å². The molecule has 0 spiro atoms. The monoisotopic (exact) mass is 491 g/mol. The molecule has 1 amide bonds. The van der Waals surface area contributed by atoms with E-state index in [2.05, 4.69) is 31.3 Å². The molecule has 186 valence electrons. The Bertz CT molecular complexity index is 1350. The molecule has 10 heteroatoms. The second-order valence-electron chi connectivity index (χ2n) is 7.46. The SMILES string of the molecule is COCCOC.Cc1c(NC=O)cn2ncc(C#N)c(Nc3ccc(Oc4cccc(F)c4)cc3)c12. The molecule has 0 radical (unpaired) electrons. The van der Waals surface area contributed by atoms with Gasteiger partial charge < -0.3 is 24.8 Å². The normalized spacial score (nSPS) is 10.2. The number of benzene rings is 2. The van der Waals surface area contributed by atoms with E-state index < -0.39 is 0 Å². The van der Waals surface area contributed by atoms with Crippen molar-refractivity contribution in [2.24, 2.45) is 0 Å². The number of hydrogen-bond donors (Lipinski definition) is 2. The van der Waals surface area contributed by atoms with Crippen molar-refractivity contribution in [1.29, 1.82) is 5.26 Å². The zero-order valence-corrected chi connectivity index (χ0v) is 20.1. The second kappa shape index (κ2) is 12.9. The summed E-state index contributed by atoms with van der Waals surface area (Å²) in [5.41, 5.74) is 3.72. The number of aromatic nitrogens is 2. The fourth-order valence-corrected chi connectivity index (χ4v) is 3.29. The molecule has 2 heterocycles. The molecule has 4 rings (SSSR count). The van der Waals surface area contributed by atoms with Crippen LogP contribution in [-0.4, -0.2) is 43.5 Å². The van der Waals surface area contributed by atoms with Gasteiger partial charge in [-0.15, -0.1) is 0 Å². The van der Waals surface area contributed by atoms with Crippen LogP contribution in [0.1, 0.15) is 11.1 Å². The lowest BCUT2D eigenvalue weighted by molar-refractivity contribution is -0.105. The highest BCUT2D eigenvalue weighted by atomic mass is 19.1. The molecule has 2 aromatic heterocycles. The van der Waals surface area contributed by atoms with Crippen LogP contribution in [0.4, 0.5) is 21.5 Å². The molecule has 0 aliphatic rings. The Hall–Kier alpha value is -4.46. The van der Waals surface area contributed by atoms with Crippen molar-refractivity contribution in [3.8, 4) is 17.6 Å². The number of methoxy groups -OCH3 is 2. The number of fused-ring (bicyclic) bond motifs is 1. The molecule has 0 aliphatic carbocycles. The van der Waals surface area contributed by atoms with Crippen molar-refractivity contribution in [3.63, 3.8) is 0 Å². The Labute approximate surface area is 208 Å². The maximum absolute atomic E-state index is 13.3. The number of carbonyl (C=O) groups excluding carboxylic acids is 1. The minimum Gasteiger partial charge on any atom is -0.457 e. The molecule has 4 aromatic rings. The second-order valence-corrected chi connectivity index (χ2v) is 7.46. The molecule has 0 atom stereocenters. The van der Waals surface area contributed by atoms with Crippen molar-refractivity contribution >= 4 is 29.0 Å². The molecule has 0 bridgehead atoms. The molecule has 2 aromatic carbocycles. The van der Waals surface area contributed by atoms with E-state index in [-0.39, 0.29) is 5.82 Å². The summed E-state index contributed by atoms with van der Waals surface area (Å²) in [6.45, 7) is 3.22. The van der Waals surface area contributed by atoms with Gasteiger partial charge in [0.15, 0.2) is 0 Å². The van der Waals surface area contributed by atoms with E-state index in [1.165, 1.54) is 18.3 Å². The first kappa shape index (κ1) is 26.2. The Kier molecular flexibility index (Phi) is 9.33. The Morgan fingerprint density at radius 1 is 1.11 bits per heavy atom. The zero-order valence-electron chi connectivity index (χ0n) is 20.1. The first-order valence-corrected chi connectivity index (χ1v) is 10.9. The third-order valence-electron chi connectivity index (χ3n) is 5.04. The van der Waals surface area contributed by atoms with E-state index in [0.29, 0.717) is 53.6 Å². The van der Waals surface area contributed by atoms with Gasteiger partial charge in [0.1, 0.15) is 23.4 Å². The topological polar surface area (TPSA) is 110 Å². The van der Waals surface area contributed by atoms with E-state index in [9.17, 15) is 14.4 Å². The maximum Gasteiger partial charge on any atom is 0.211 e. The standard InChI is InChI=1S/C22H16FN5O2.C4H10O2/c1-14-20(25-13-29)12-28-22(14)21(15(10-24)11-26-28)27-17-5-7-18(8-6-17)30-19-4-2-3-16(23)9-19;1-5-3-4-6-2/h2-9,11-13,27H,1H3,(H,25,29);3-4H2,1-2H3. The minimum atomic E-state index is -0.373. The summed E-state index contributed by atoms with van der Waals surface area (Å²) in [5, 5.41) is 19.6. The largest absolute Gasteiger partial charge is 0.457 e. The van der Waals surface area contributed by atoms with Gasteiger partial charge in [-0.2, -0.15) is 10.4 Å². The number of anilines is 3. The quantitative estimate of drug-likeness (QED) is 0.249. The number of nitriles is 1. The molecule has 0 aliphatic heterocycles. The first-order valence-electron chi connectivity index (χ1n) is 10.9. The number of carbonyl (C=O) groups is 1. The van der Waals surface area contributed by atoms with Gasteiger partial charge in [-0.3, -0.25) is 4.79 Å². The number of halogens is 1. The van der Waals surface area contributed by atoms with Crippen LogP contribution in [-0.2, 0) is 14.3 Å². The van der Waals surface area contributed by atoms with Gasteiger partial charge in [0, 0.05) is 31.5 Å². The van der Waals surface area contributed by atoms with Gasteiger partial charge in [-0.25, -0.2) is 8.91 Å². The van der Waals surface area contributed by atoms with Crippen LogP contribution in [0.3, 0.4) is 0 Å². The lowest BCUT2D eigenvalue weighted by Crippen LogP contribution is -2.00. The van der Waals surface area contributed by atoms with Crippen LogP contribution >= 0.6 is 0 Å². The number of nitrogens with zero attached hydrogens (tertiary/aromatic N) is 3. The summed E-state index contributed by atoms with van der Waals surface area (Å²) >= 11 is 0. The summed E-state index contributed by atoms with van der Waals surface area (Å²) in [7, 11) is 3.30. The summed E-state index contributed by atoms with van der Waals surface area (Å²) in [6.07, 6.45) is 3.74. The predicted octanol–water partition coefficient (Wildman–Crippen LogP) is 5.04. The Balaban J connectivity index is 0.000000538. The maximum atomic E-state index is 13.3. The molecule has 9 nitrogen and oxygen atoms in total. The van der Waals surface area contributed by atoms with Gasteiger partial charge in [-0.1, -0.05) is 6.07 Å². The lowest BCUT2D eigenvalue weighted by atomic mass is 10.1. The highest BCUT2D eigenvalue weighted by Gasteiger charge is 2.15. The summed E-state index contributed by atoms with van der Waals surface area (Å²) in [6, 6.07) is 15.1. The Morgan fingerprint density at radius 2 is 1.83 bits per heavy atom. The molecule has 0 unspecified atom stereocenters. The number of rotatable bonds is 9. The summed E-state index contributed by atoms with van der Waals surface area (Å²) in [4.78, 5) is 10.8. The molecule has 0 saturated carbocycles. The highest BCUT2D eigenvalue weighted by molar-refractivity contribution is 5.89. The average Bonchev–Trinajstić information content (AvgIpc) is 3.20. The average molecular weight is 492 g/mol. The van der Waals surface area contributed by atoms with Gasteiger partial charge in [0.05, 0.1) is 48.1 Å². The third kappa shape index (κ3) is 6.56. The fourth-order valence-electron chi connectivity index (χ4n) is 3.29. The number of aryl methyl sites for hydroxylation is 1. The zero-order chi connectivity index (χ0) is 25.9. The third-order valence-corrected chi connectivity index (χ3v) is 5.04. The van der Waals surface area contributed by atoms with Crippen molar-refractivity contribution in [2.45, 2.75) is 6.92 Å². The van der Waals surface area contributed by atoms with Crippen molar-refractivity contribution in [1.82, 2.24) is 9.61 Å². The van der Waals surface area contributed by atoms with Gasteiger partial charge in [-0.05, 0) is 43.3 Å². The molecular weight excluding hydrogens is 465 g/mol. The Morgan fingerprint density at radius 3 is 2.44 bits per heavy atom. The van der Waals surface area contributed by atoms with Crippen LogP contribution < -0.4 is 15.4 Å². The van der Waals surface area contributed by atoms with Gasteiger partial charge >= 0.3 is 0 Å². The lowest BCUT2D eigenvalue weighted by Gasteiger charge is -2.12. The van der Waals surface area contributed by atoms with E-state index in [1.54, 1.807) is 61.3 Å². The smallest absolute Gasteiger partial charge is 0.211 e. The van der Waals surface area contributed by atoms with Crippen LogP contribution in [0.5, 0.6) is 11.5 Å². The van der Waals surface area contributed by atoms with Crippen LogP contribution in [0.25, 0.3) is 5.52 Å².